The number of rotatable bonds is 3. The summed E-state index contributed by atoms with van der Waals surface area (Å²) in [6.45, 7) is 0. The third kappa shape index (κ3) is 2.12. The van der Waals surface area contributed by atoms with Gasteiger partial charge in [0.25, 0.3) is 0 Å². The molecule has 0 aromatic heterocycles. The highest BCUT2D eigenvalue weighted by Gasteiger charge is 2.52. The van der Waals surface area contributed by atoms with Crippen molar-refractivity contribution in [3.63, 3.8) is 0 Å². The van der Waals surface area contributed by atoms with E-state index in [-0.39, 0.29) is 11.9 Å². The number of carboxylic acids is 1. The minimum absolute atomic E-state index is 0.0310. The summed E-state index contributed by atoms with van der Waals surface area (Å²) in [7, 11) is 0. The summed E-state index contributed by atoms with van der Waals surface area (Å²) < 4.78 is 5.51. The lowest BCUT2D eigenvalue weighted by atomic mass is 9.78. The average Bonchev–Trinajstić information content (AvgIpc) is 2.98. The monoisotopic (exact) mass is 276 g/mol. The second-order valence-electron chi connectivity index (χ2n) is 5.20. The molecule has 0 radical (unpaired) electrons. The largest absolute Gasteiger partial charge is 0.550 e. The van der Waals surface area contributed by atoms with Crippen molar-refractivity contribution in [1.29, 1.82) is 0 Å². The van der Waals surface area contributed by atoms with Gasteiger partial charge in [0.1, 0.15) is 5.75 Å². The van der Waals surface area contributed by atoms with Crippen LogP contribution in [0.1, 0.15) is 12.8 Å². The second kappa shape index (κ2) is 4.79. The zero-order chi connectivity index (χ0) is 14.3. The lowest BCUT2D eigenvalue weighted by Crippen LogP contribution is -2.46. The van der Waals surface area contributed by atoms with E-state index in [0.717, 1.165) is 0 Å². The van der Waals surface area contributed by atoms with Crippen molar-refractivity contribution in [1.82, 2.24) is 0 Å². The van der Waals surface area contributed by atoms with E-state index in [1.54, 1.807) is 12.1 Å². The second-order valence-corrected chi connectivity index (χ2v) is 5.20. The number of hydrogen-bond donors (Lipinski definition) is 2. The van der Waals surface area contributed by atoms with Crippen LogP contribution in [0.25, 0.3) is 0 Å². The number of anilines is 1. The first-order chi connectivity index (χ1) is 9.56. The lowest BCUT2D eigenvalue weighted by Gasteiger charge is -2.27. The molecule has 2 bridgehead atoms. The maximum absolute atomic E-state index is 12.3. The van der Waals surface area contributed by atoms with Crippen LogP contribution in [-0.2, 0) is 14.3 Å². The van der Waals surface area contributed by atoms with E-state index in [9.17, 15) is 19.8 Å². The minimum Gasteiger partial charge on any atom is -0.550 e. The number of amides is 1. The number of carbonyl (C=O) groups excluding carboxylic acids is 2. The molecular formula is C14H14NO5-. The summed E-state index contributed by atoms with van der Waals surface area (Å²) in [5, 5.41) is 23.2. The van der Waals surface area contributed by atoms with Crippen molar-refractivity contribution in [2.24, 2.45) is 11.8 Å². The van der Waals surface area contributed by atoms with Crippen molar-refractivity contribution >= 4 is 17.6 Å². The fourth-order valence-electron chi connectivity index (χ4n) is 3.12. The van der Waals surface area contributed by atoms with Crippen molar-refractivity contribution in [2.45, 2.75) is 25.0 Å². The molecule has 0 aliphatic carbocycles. The Bertz CT molecular complexity index is 558. The van der Waals surface area contributed by atoms with Gasteiger partial charge in [-0.05, 0) is 25.0 Å². The fraction of sp³-hybridized carbons (Fsp3) is 0.429. The van der Waals surface area contributed by atoms with Crippen LogP contribution in [0.5, 0.6) is 5.75 Å². The molecular weight excluding hydrogens is 262 g/mol. The zero-order valence-corrected chi connectivity index (χ0v) is 10.6. The molecule has 2 fully saturated rings. The molecule has 1 aromatic rings. The van der Waals surface area contributed by atoms with E-state index >= 15 is 0 Å². The Balaban J connectivity index is 1.78. The Morgan fingerprint density at radius 3 is 2.60 bits per heavy atom. The number of phenolic OH excluding ortho intramolecular Hbond substituents is 1. The first kappa shape index (κ1) is 12.9. The number of carbonyl (C=O) groups is 2. The van der Waals surface area contributed by atoms with Gasteiger partial charge < -0.3 is 25.1 Å². The standard InChI is InChI=1S/C14H15NO5/c16-8-3-1-2-7(6-8)15-13(17)11-9-4-5-10(20-9)12(11)14(18)19/h1-3,6,9-12,16H,4-5H2,(H,15,17)(H,18,19)/p-1/t9-,10+,11-,12-/m0/s1. The van der Waals surface area contributed by atoms with E-state index in [0.29, 0.717) is 18.5 Å². The third-order valence-electron chi connectivity index (χ3n) is 3.96. The molecule has 2 aliphatic rings. The maximum atomic E-state index is 12.3. The Morgan fingerprint density at radius 2 is 1.95 bits per heavy atom. The fourth-order valence-corrected chi connectivity index (χ4v) is 3.12. The van der Waals surface area contributed by atoms with Crippen LogP contribution in [0.2, 0.25) is 0 Å². The third-order valence-corrected chi connectivity index (χ3v) is 3.96. The summed E-state index contributed by atoms with van der Waals surface area (Å²) in [6, 6.07) is 6.11. The number of benzene rings is 1. The first-order valence-electron chi connectivity index (χ1n) is 6.52. The van der Waals surface area contributed by atoms with Crippen LogP contribution in [0, 0.1) is 11.8 Å². The van der Waals surface area contributed by atoms with Crippen LogP contribution >= 0.6 is 0 Å². The molecule has 1 aromatic carbocycles. The van der Waals surface area contributed by atoms with Gasteiger partial charge in [0, 0.05) is 23.6 Å². The van der Waals surface area contributed by atoms with Crippen molar-refractivity contribution < 1.29 is 24.5 Å². The van der Waals surface area contributed by atoms with Crippen LogP contribution in [0.15, 0.2) is 24.3 Å². The van der Waals surface area contributed by atoms with Crippen LogP contribution in [0.3, 0.4) is 0 Å². The molecule has 1 amide bonds. The van der Waals surface area contributed by atoms with Gasteiger partial charge >= 0.3 is 0 Å². The Morgan fingerprint density at radius 1 is 1.25 bits per heavy atom. The summed E-state index contributed by atoms with van der Waals surface area (Å²) in [5.41, 5.74) is 0.426. The van der Waals surface area contributed by atoms with Crippen LogP contribution in [0.4, 0.5) is 5.69 Å². The summed E-state index contributed by atoms with van der Waals surface area (Å²) in [6.07, 6.45) is 0.552. The molecule has 6 nitrogen and oxygen atoms in total. The molecule has 0 spiro atoms. The zero-order valence-electron chi connectivity index (χ0n) is 10.6. The summed E-state index contributed by atoms with van der Waals surface area (Å²) in [4.78, 5) is 23.5. The minimum atomic E-state index is -1.24. The molecule has 2 N–H and O–H groups in total. The highest BCUT2D eigenvalue weighted by atomic mass is 16.5. The smallest absolute Gasteiger partial charge is 0.230 e. The molecule has 0 saturated carbocycles. The number of ether oxygens (including phenoxy) is 1. The molecule has 106 valence electrons. The molecule has 20 heavy (non-hydrogen) atoms. The summed E-state index contributed by atoms with van der Waals surface area (Å²) in [5.74, 6) is -3.25. The SMILES string of the molecule is O=C(Nc1cccc(O)c1)[C@@H]1[C@@H](C(=O)[O-])[C@H]2CC[C@@H]1O2. The number of aromatic hydroxyl groups is 1. The molecule has 0 unspecified atom stereocenters. The van der Waals surface area contributed by atoms with Gasteiger partial charge in [-0.3, -0.25) is 4.79 Å². The first-order valence-corrected chi connectivity index (χ1v) is 6.52. The maximum Gasteiger partial charge on any atom is 0.230 e. The van der Waals surface area contributed by atoms with Gasteiger partial charge in [0.05, 0.1) is 18.1 Å². The molecule has 6 heteroatoms. The van der Waals surface area contributed by atoms with Gasteiger partial charge in [-0.15, -0.1) is 0 Å². The van der Waals surface area contributed by atoms with Gasteiger partial charge in [-0.25, -0.2) is 0 Å². The van der Waals surface area contributed by atoms with Crippen molar-refractivity contribution in [3.05, 3.63) is 24.3 Å². The van der Waals surface area contributed by atoms with Gasteiger partial charge in [0.2, 0.25) is 5.91 Å². The van der Waals surface area contributed by atoms with E-state index in [1.807, 2.05) is 0 Å². The van der Waals surface area contributed by atoms with Crippen molar-refractivity contribution in [3.8, 4) is 5.75 Å². The predicted molar refractivity (Wildman–Crippen MR) is 66.6 cm³/mol. The molecule has 2 aliphatic heterocycles. The van der Waals surface area contributed by atoms with Gasteiger partial charge in [0.15, 0.2) is 0 Å². The molecule has 2 saturated heterocycles. The number of nitrogens with one attached hydrogen (secondary N) is 1. The topological polar surface area (TPSA) is 98.7 Å². The van der Waals surface area contributed by atoms with Crippen LogP contribution < -0.4 is 10.4 Å². The molecule has 2 heterocycles. The van der Waals surface area contributed by atoms with Crippen molar-refractivity contribution in [2.75, 3.05) is 5.32 Å². The number of aliphatic carboxylic acids is 1. The van der Waals surface area contributed by atoms with Crippen LogP contribution in [-0.4, -0.2) is 29.2 Å². The lowest BCUT2D eigenvalue weighted by molar-refractivity contribution is -0.313. The predicted octanol–water partition coefficient (Wildman–Crippen LogP) is -0.126. The normalized spacial score (nSPS) is 31.2. The highest BCUT2D eigenvalue weighted by Crippen LogP contribution is 2.43. The highest BCUT2D eigenvalue weighted by molar-refractivity contribution is 5.96. The Kier molecular flexibility index (Phi) is 3.10. The van der Waals surface area contributed by atoms with E-state index in [4.69, 9.17) is 4.74 Å². The molecule has 4 atom stereocenters. The number of carboxylic acid groups (broad SMARTS) is 1. The van der Waals surface area contributed by atoms with E-state index in [2.05, 4.69) is 5.32 Å². The Labute approximate surface area is 115 Å². The van der Waals surface area contributed by atoms with E-state index in [1.165, 1.54) is 12.1 Å². The Hall–Kier alpha value is -2.08. The van der Waals surface area contributed by atoms with E-state index < -0.39 is 29.8 Å². The summed E-state index contributed by atoms with van der Waals surface area (Å²) >= 11 is 0. The quantitative estimate of drug-likeness (QED) is 0.801. The number of phenols is 1. The number of hydrogen-bond acceptors (Lipinski definition) is 5. The molecule has 3 rings (SSSR count). The van der Waals surface area contributed by atoms with Gasteiger partial charge in [-0.2, -0.15) is 0 Å². The number of fused-ring (bicyclic) bond motifs is 2. The van der Waals surface area contributed by atoms with Gasteiger partial charge in [-0.1, -0.05) is 6.07 Å². The average molecular weight is 276 g/mol.